The van der Waals surface area contributed by atoms with Gasteiger partial charge in [0.05, 0.1) is 19.8 Å². The van der Waals surface area contributed by atoms with E-state index in [9.17, 15) is 5.11 Å². The van der Waals surface area contributed by atoms with Crippen molar-refractivity contribution in [3.05, 3.63) is 30.3 Å². The fraction of sp³-hybridized carbons (Fsp3) is 0.556. The molecule has 0 spiro atoms. The van der Waals surface area contributed by atoms with E-state index in [0.717, 1.165) is 18.7 Å². The molecule has 25 heavy (non-hydrogen) atoms. The van der Waals surface area contributed by atoms with E-state index in [0.29, 0.717) is 44.7 Å². The highest BCUT2D eigenvalue weighted by atomic mass is 16.5. The quantitative estimate of drug-likeness (QED) is 0.898. The first-order valence-electron chi connectivity index (χ1n) is 8.88. The van der Waals surface area contributed by atoms with Crippen LogP contribution >= 0.6 is 0 Å². The fourth-order valence-corrected chi connectivity index (χ4v) is 3.58. The van der Waals surface area contributed by atoms with Gasteiger partial charge in [-0.2, -0.15) is 4.98 Å². The summed E-state index contributed by atoms with van der Waals surface area (Å²) < 4.78 is 11.1. The standard InChI is InChI=1S/C18H24N4O3/c23-18(12-21-8-4-5-9-21)13-22(10-11-24-14-18)17-19-16(20-25-17)15-6-2-1-3-7-15/h1-3,6-7,23H,4-5,8-14H2. The second kappa shape index (κ2) is 7.11. The minimum Gasteiger partial charge on any atom is -0.384 e. The Morgan fingerprint density at radius 3 is 2.72 bits per heavy atom. The van der Waals surface area contributed by atoms with Gasteiger partial charge in [0, 0.05) is 18.7 Å². The van der Waals surface area contributed by atoms with Gasteiger partial charge >= 0.3 is 6.01 Å². The number of nitrogens with zero attached hydrogens (tertiary/aromatic N) is 4. The van der Waals surface area contributed by atoms with E-state index < -0.39 is 5.60 Å². The zero-order valence-electron chi connectivity index (χ0n) is 14.3. The van der Waals surface area contributed by atoms with Gasteiger partial charge in [-0.25, -0.2) is 0 Å². The highest BCUT2D eigenvalue weighted by molar-refractivity contribution is 5.55. The molecule has 7 nitrogen and oxygen atoms in total. The third-order valence-corrected chi connectivity index (χ3v) is 4.80. The van der Waals surface area contributed by atoms with Gasteiger partial charge in [-0.1, -0.05) is 35.5 Å². The van der Waals surface area contributed by atoms with Crippen LogP contribution in [0.1, 0.15) is 12.8 Å². The normalized spacial score (nSPS) is 25.2. The first-order valence-corrected chi connectivity index (χ1v) is 8.88. The van der Waals surface area contributed by atoms with E-state index in [1.807, 2.05) is 35.2 Å². The molecule has 1 unspecified atom stereocenters. The van der Waals surface area contributed by atoms with Gasteiger partial charge < -0.3 is 24.2 Å². The van der Waals surface area contributed by atoms with E-state index in [4.69, 9.17) is 9.26 Å². The molecule has 2 fully saturated rings. The Labute approximate surface area is 147 Å². The largest absolute Gasteiger partial charge is 0.384 e. The molecule has 2 aliphatic rings. The number of benzene rings is 1. The first-order chi connectivity index (χ1) is 12.2. The Morgan fingerprint density at radius 2 is 1.92 bits per heavy atom. The Kier molecular flexibility index (Phi) is 4.70. The molecule has 134 valence electrons. The zero-order chi connectivity index (χ0) is 17.1. The number of rotatable bonds is 4. The van der Waals surface area contributed by atoms with Crippen molar-refractivity contribution in [3.63, 3.8) is 0 Å². The molecule has 1 aromatic carbocycles. The van der Waals surface area contributed by atoms with Crippen LogP contribution in [0.3, 0.4) is 0 Å². The Balaban J connectivity index is 1.50. The lowest BCUT2D eigenvalue weighted by atomic mass is 10.0. The summed E-state index contributed by atoms with van der Waals surface area (Å²) in [6.07, 6.45) is 2.40. The monoisotopic (exact) mass is 344 g/mol. The van der Waals surface area contributed by atoms with Crippen LogP contribution in [0.15, 0.2) is 34.9 Å². The molecular formula is C18H24N4O3. The summed E-state index contributed by atoms with van der Waals surface area (Å²) in [6.45, 7) is 4.62. The number of anilines is 1. The van der Waals surface area contributed by atoms with E-state index in [2.05, 4.69) is 15.0 Å². The number of hydrogen-bond donors (Lipinski definition) is 1. The van der Waals surface area contributed by atoms with Crippen molar-refractivity contribution in [2.24, 2.45) is 0 Å². The average molecular weight is 344 g/mol. The molecule has 0 bridgehead atoms. The van der Waals surface area contributed by atoms with Crippen molar-refractivity contribution < 1.29 is 14.4 Å². The Morgan fingerprint density at radius 1 is 1.12 bits per heavy atom. The van der Waals surface area contributed by atoms with Crippen molar-refractivity contribution in [3.8, 4) is 11.4 Å². The predicted octanol–water partition coefficient (Wildman–Crippen LogP) is 1.40. The summed E-state index contributed by atoms with van der Waals surface area (Å²) in [5.74, 6) is 0.559. The summed E-state index contributed by atoms with van der Waals surface area (Å²) in [6, 6.07) is 10.2. The maximum atomic E-state index is 11.1. The second-order valence-corrected chi connectivity index (χ2v) is 6.95. The number of likely N-dealkylation sites (tertiary alicyclic amines) is 1. The van der Waals surface area contributed by atoms with Crippen molar-refractivity contribution in [1.29, 1.82) is 0 Å². The highest BCUT2D eigenvalue weighted by Gasteiger charge is 2.36. The Bertz CT molecular complexity index is 687. The van der Waals surface area contributed by atoms with Gasteiger partial charge in [0.25, 0.3) is 0 Å². The van der Waals surface area contributed by atoms with Gasteiger partial charge in [0.1, 0.15) is 5.60 Å². The van der Waals surface area contributed by atoms with Gasteiger partial charge in [-0.3, -0.25) is 0 Å². The number of ether oxygens (including phenoxy) is 1. The summed E-state index contributed by atoms with van der Waals surface area (Å²) >= 11 is 0. The molecule has 2 aliphatic heterocycles. The van der Waals surface area contributed by atoms with Gasteiger partial charge in [0.2, 0.25) is 5.82 Å². The molecule has 0 amide bonds. The van der Waals surface area contributed by atoms with Crippen LogP contribution in [0, 0.1) is 0 Å². The predicted molar refractivity (Wildman–Crippen MR) is 93.4 cm³/mol. The van der Waals surface area contributed by atoms with E-state index in [-0.39, 0.29) is 0 Å². The molecule has 2 aromatic rings. The maximum Gasteiger partial charge on any atom is 0.324 e. The van der Waals surface area contributed by atoms with Crippen LogP contribution in [0.25, 0.3) is 11.4 Å². The number of hydrogen-bond acceptors (Lipinski definition) is 7. The SMILES string of the molecule is OC1(CN2CCCC2)COCCN(c2nc(-c3ccccc3)no2)C1. The lowest BCUT2D eigenvalue weighted by molar-refractivity contribution is -0.0441. The maximum absolute atomic E-state index is 11.1. The molecule has 2 saturated heterocycles. The van der Waals surface area contributed by atoms with E-state index in [1.165, 1.54) is 12.8 Å². The third-order valence-electron chi connectivity index (χ3n) is 4.80. The minimum absolute atomic E-state index is 0.333. The van der Waals surface area contributed by atoms with Crippen molar-refractivity contribution >= 4 is 6.01 Å². The molecule has 0 aliphatic carbocycles. The van der Waals surface area contributed by atoms with Crippen LogP contribution in [-0.4, -0.2) is 71.7 Å². The average Bonchev–Trinajstić information content (AvgIpc) is 3.27. The molecule has 1 aromatic heterocycles. The molecule has 7 heteroatoms. The summed E-state index contributed by atoms with van der Waals surface area (Å²) in [5, 5.41) is 15.2. The van der Waals surface area contributed by atoms with Gasteiger partial charge in [0.15, 0.2) is 0 Å². The van der Waals surface area contributed by atoms with Crippen LogP contribution < -0.4 is 4.90 Å². The molecule has 3 heterocycles. The second-order valence-electron chi connectivity index (χ2n) is 6.95. The summed E-state index contributed by atoms with van der Waals surface area (Å²) in [4.78, 5) is 8.75. The van der Waals surface area contributed by atoms with Crippen LogP contribution in [0.5, 0.6) is 0 Å². The van der Waals surface area contributed by atoms with Crippen molar-refractivity contribution in [1.82, 2.24) is 15.0 Å². The lowest BCUT2D eigenvalue weighted by Gasteiger charge is -2.33. The van der Waals surface area contributed by atoms with Crippen molar-refractivity contribution in [2.45, 2.75) is 18.4 Å². The summed E-state index contributed by atoms with van der Waals surface area (Å²) in [5.41, 5.74) is -0.0155. The van der Waals surface area contributed by atoms with Gasteiger partial charge in [-0.05, 0) is 25.9 Å². The van der Waals surface area contributed by atoms with E-state index >= 15 is 0 Å². The Hall–Kier alpha value is -1.96. The molecule has 1 N–H and O–H groups in total. The smallest absolute Gasteiger partial charge is 0.324 e. The molecule has 1 atom stereocenters. The number of aromatic nitrogens is 2. The highest BCUT2D eigenvalue weighted by Crippen LogP contribution is 2.24. The minimum atomic E-state index is -0.928. The molecule has 4 rings (SSSR count). The van der Waals surface area contributed by atoms with Gasteiger partial charge in [-0.15, -0.1) is 0 Å². The van der Waals surface area contributed by atoms with E-state index in [1.54, 1.807) is 0 Å². The number of β-amino-alcohol motifs (C(OH)–C–C–N with tert-alkyl or cyclic N) is 1. The number of aliphatic hydroxyl groups is 1. The first kappa shape index (κ1) is 16.5. The lowest BCUT2D eigenvalue weighted by Crippen LogP contribution is -2.52. The molecule has 0 radical (unpaired) electrons. The topological polar surface area (TPSA) is 74.9 Å². The molecular weight excluding hydrogens is 320 g/mol. The van der Waals surface area contributed by atoms with Crippen molar-refractivity contribution in [2.75, 3.05) is 50.8 Å². The summed E-state index contributed by atoms with van der Waals surface area (Å²) in [7, 11) is 0. The zero-order valence-corrected chi connectivity index (χ0v) is 14.3. The fourth-order valence-electron chi connectivity index (χ4n) is 3.58. The van der Waals surface area contributed by atoms with Crippen LogP contribution in [0.4, 0.5) is 6.01 Å². The third kappa shape index (κ3) is 3.84. The van der Waals surface area contributed by atoms with Crippen LogP contribution in [-0.2, 0) is 4.74 Å². The molecule has 0 saturated carbocycles. The van der Waals surface area contributed by atoms with Crippen LogP contribution in [0.2, 0.25) is 0 Å².